The minimum Gasteiger partial charge on any atom is -0.378 e. The second kappa shape index (κ2) is 15.3. The molecule has 1 fully saturated rings. The van der Waals surface area contributed by atoms with Crippen LogP contribution in [0, 0.1) is 6.92 Å². The van der Waals surface area contributed by atoms with Crippen molar-refractivity contribution in [2.24, 2.45) is 12.0 Å². The van der Waals surface area contributed by atoms with Gasteiger partial charge in [0.25, 0.3) is 0 Å². The zero-order valence-electron chi connectivity index (χ0n) is 17.6. The fourth-order valence-electron chi connectivity index (χ4n) is 3.10. The summed E-state index contributed by atoms with van der Waals surface area (Å²) in [5.41, 5.74) is 0. The van der Waals surface area contributed by atoms with E-state index in [1.165, 1.54) is 32.1 Å². The van der Waals surface area contributed by atoms with Crippen LogP contribution >= 0.6 is 35.7 Å². The molecule has 0 amide bonds. The third-order valence-corrected chi connectivity index (χ3v) is 5.60. The van der Waals surface area contributed by atoms with Crippen LogP contribution in [-0.2, 0) is 18.3 Å². The summed E-state index contributed by atoms with van der Waals surface area (Å²) in [5, 5.41) is 15.1. The lowest BCUT2D eigenvalue weighted by molar-refractivity contribution is 0.0277. The molecule has 0 unspecified atom stereocenters. The maximum atomic E-state index is 6.00. The normalized spacial score (nSPS) is 15.3. The molecular weight excluding hydrogens is 487 g/mol. The largest absolute Gasteiger partial charge is 0.378 e. The van der Waals surface area contributed by atoms with Gasteiger partial charge in [0.05, 0.1) is 6.10 Å². The number of nitrogens with one attached hydrogen (secondary N) is 2. The van der Waals surface area contributed by atoms with E-state index < -0.39 is 0 Å². The van der Waals surface area contributed by atoms with E-state index in [4.69, 9.17) is 4.74 Å². The van der Waals surface area contributed by atoms with Crippen molar-refractivity contribution in [3.8, 4) is 0 Å². The first-order valence-corrected chi connectivity index (χ1v) is 11.6. The van der Waals surface area contributed by atoms with Gasteiger partial charge >= 0.3 is 0 Å². The molecule has 0 aliphatic heterocycles. The molecule has 1 heterocycles. The van der Waals surface area contributed by atoms with Gasteiger partial charge in [-0.25, -0.2) is 4.99 Å². The number of aliphatic imine (C=N–C) groups is 1. The van der Waals surface area contributed by atoms with Gasteiger partial charge in [-0.05, 0) is 44.6 Å². The van der Waals surface area contributed by atoms with E-state index in [0.29, 0.717) is 12.6 Å². The Hall–Kier alpha value is -0.550. The van der Waals surface area contributed by atoms with Gasteiger partial charge in [-0.3, -0.25) is 0 Å². The third kappa shape index (κ3) is 9.78. The van der Waals surface area contributed by atoms with Crippen LogP contribution in [0.3, 0.4) is 0 Å². The minimum atomic E-state index is 0. The summed E-state index contributed by atoms with van der Waals surface area (Å²) in [4.78, 5) is 4.68. The highest BCUT2D eigenvalue weighted by atomic mass is 127. The number of guanidine groups is 1. The van der Waals surface area contributed by atoms with Gasteiger partial charge in [0.2, 0.25) is 0 Å². The molecule has 0 aromatic carbocycles. The van der Waals surface area contributed by atoms with Crippen molar-refractivity contribution in [3.63, 3.8) is 0 Å². The Morgan fingerprint density at radius 1 is 1.18 bits per heavy atom. The van der Waals surface area contributed by atoms with Crippen LogP contribution in [-0.4, -0.2) is 58.5 Å². The molecule has 0 bridgehead atoms. The van der Waals surface area contributed by atoms with Crippen LogP contribution < -0.4 is 10.6 Å². The number of hydrogen-bond acceptors (Lipinski definition) is 5. The minimum absolute atomic E-state index is 0. The van der Waals surface area contributed by atoms with Gasteiger partial charge in [-0.15, -0.1) is 34.2 Å². The second-order valence-corrected chi connectivity index (χ2v) is 8.06. The summed E-state index contributed by atoms with van der Waals surface area (Å²) < 4.78 is 7.98. The first kappa shape index (κ1) is 25.5. The number of aryl methyl sites for hydroxylation is 1. The molecular formula is C19H37IN6OS. The van der Waals surface area contributed by atoms with Crippen molar-refractivity contribution < 1.29 is 4.74 Å². The van der Waals surface area contributed by atoms with Crippen LogP contribution in [0.4, 0.5) is 0 Å². The van der Waals surface area contributed by atoms with E-state index in [1.54, 1.807) is 0 Å². The van der Waals surface area contributed by atoms with Crippen LogP contribution in [0.2, 0.25) is 0 Å². The lowest BCUT2D eigenvalue weighted by atomic mass is 9.98. The van der Waals surface area contributed by atoms with Gasteiger partial charge in [0.15, 0.2) is 11.8 Å². The number of thioether (sulfide) groups is 1. The molecule has 9 heteroatoms. The smallest absolute Gasteiger partial charge is 0.191 e. The van der Waals surface area contributed by atoms with E-state index in [1.807, 2.05) is 30.3 Å². The zero-order chi connectivity index (χ0) is 19.3. The van der Waals surface area contributed by atoms with Crippen LogP contribution in [0.5, 0.6) is 0 Å². The molecule has 2 rings (SSSR count). The molecule has 2 N–H and O–H groups in total. The fourth-order valence-corrected chi connectivity index (χ4v) is 3.53. The Morgan fingerprint density at radius 2 is 1.89 bits per heavy atom. The predicted molar refractivity (Wildman–Crippen MR) is 129 cm³/mol. The SMILES string of the molecule is CSCCCNC(=NCc1nnc(C)n1C)NCCCOC1CCCCC1.I. The summed E-state index contributed by atoms with van der Waals surface area (Å²) in [7, 11) is 1.97. The average Bonchev–Trinajstić information content (AvgIpc) is 3.01. The monoisotopic (exact) mass is 524 g/mol. The molecule has 0 spiro atoms. The quantitative estimate of drug-likeness (QED) is 0.200. The van der Waals surface area contributed by atoms with E-state index in [-0.39, 0.29) is 24.0 Å². The third-order valence-electron chi connectivity index (χ3n) is 4.90. The molecule has 162 valence electrons. The average molecular weight is 525 g/mol. The summed E-state index contributed by atoms with van der Waals surface area (Å²) in [6, 6.07) is 0. The Kier molecular flexibility index (Phi) is 13.9. The Labute approximate surface area is 191 Å². The number of aromatic nitrogens is 3. The first-order chi connectivity index (χ1) is 13.2. The predicted octanol–water partition coefficient (Wildman–Crippen LogP) is 3.27. The van der Waals surface area contributed by atoms with Crippen molar-refractivity contribution in [2.75, 3.05) is 31.7 Å². The number of halogens is 1. The molecule has 1 aliphatic rings. The van der Waals surface area contributed by atoms with Crippen molar-refractivity contribution in [1.29, 1.82) is 0 Å². The zero-order valence-corrected chi connectivity index (χ0v) is 20.7. The summed E-state index contributed by atoms with van der Waals surface area (Å²) >= 11 is 1.87. The molecule has 28 heavy (non-hydrogen) atoms. The lowest BCUT2D eigenvalue weighted by Gasteiger charge is -2.22. The van der Waals surface area contributed by atoms with Gasteiger partial charge in [-0.1, -0.05) is 19.3 Å². The van der Waals surface area contributed by atoms with E-state index in [9.17, 15) is 0 Å². The van der Waals surface area contributed by atoms with Crippen LogP contribution in [0.25, 0.3) is 0 Å². The van der Waals surface area contributed by atoms with E-state index >= 15 is 0 Å². The highest BCUT2D eigenvalue weighted by molar-refractivity contribution is 14.0. The van der Waals surface area contributed by atoms with Crippen molar-refractivity contribution in [3.05, 3.63) is 11.6 Å². The van der Waals surface area contributed by atoms with E-state index in [0.717, 1.165) is 55.9 Å². The van der Waals surface area contributed by atoms with Crippen molar-refractivity contribution in [1.82, 2.24) is 25.4 Å². The number of hydrogen-bond donors (Lipinski definition) is 2. The van der Waals surface area contributed by atoms with E-state index in [2.05, 4.69) is 32.1 Å². The lowest BCUT2D eigenvalue weighted by Crippen LogP contribution is -2.39. The molecule has 0 saturated heterocycles. The molecule has 0 radical (unpaired) electrons. The Bertz CT molecular complexity index is 563. The Balaban J connectivity index is 0.00000392. The first-order valence-electron chi connectivity index (χ1n) is 10.2. The summed E-state index contributed by atoms with van der Waals surface area (Å²) in [6.07, 6.45) is 11.2. The number of ether oxygens (including phenoxy) is 1. The van der Waals surface area contributed by atoms with Crippen molar-refractivity contribution >= 4 is 41.7 Å². The molecule has 1 aliphatic carbocycles. The van der Waals surface area contributed by atoms with Crippen molar-refractivity contribution in [2.45, 2.75) is 64.5 Å². The summed E-state index contributed by atoms with van der Waals surface area (Å²) in [6.45, 7) is 5.07. The fraction of sp³-hybridized carbons (Fsp3) is 0.842. The maximum absolute atomic E-state index is 6.00. The standard InChI is InChI=1S/C19H36N6OS.HI/c1-16-23-24-18(25(16)2)15-22-19(21-12-8-14-27-3)20-11-7-13-26-17-9-5-4-6-10-17;/h17H,4-15H2,1-3H3,(H2,20,21,22);1H. The van der Waals surface area contributed by atoms with Crippen LogP contribution in [0.15, 0.2) is 4.99 Å². The molecule has 1 aromatic rings. The topological polar surface area (TPSA) is 76.4 Å². The summed E-state index contributed by atoms with van der Waals surface area (Å²) in [5.74, 6) is 3.77. The highest BCUT2D eigenvalue weighted by Crippen LogP contribution is 2.20. The molecule has 7 nitrogen and oxygen atoms in total. The Morgan fingerprint density at radius 3 is 2.54 bits per heavy atom. The molecule has 0 atom stereocenters. The van der Waals surface area contributed by atoms with Gasteiger partial charge in [0, 0.05) is 26.7 Å². The molecule has 1 saturated carbocycles. The second-order valence-electron chi connectivity index (χ2n) is 7.07. The number of rotatable bonds is 11. The highest BCUT2D eigenvalue weighted by Gasteiger charge is 2.13. The molecule has 1 aromatic heterocycles. The van der Waals surface area contributed by atoms with Gasteiger partial charge in [0.1, 0.15) is 12.4 Å². The van der Waals surface area contributed by atoms with Gasteiger partial charge < -0.3 is 19.9 Å². The van der Waals surface area contributed by atoms with Crippen LogP contribution in [0.1, 0.15) is 56.6 Å². The van der Waals surface area contributed by atoms with Gasteiger partial charge in [-0.2, -0.15) is 11.8 Å². The number of nitrogens with zero attached hydrogens (tertiary/aromatic N) is 4. The maximum Gasteiger partial charge on any atom is 0.191 e.